The molecule has 252 valence electrons. The van der Waals surface area contributed by atoms with Crippen LogP contribution in [0.25, 0.3) is 107 Å². The summed E-state index contributed by atoms with van der Waals surface area (Å²) < 4.78 is 142. The van der Waals surface area contributed by atoms with E-state index >= 15 is 0 Å². The van der Waals surface area contributed by atoms with Crippen molar-refractivity contribution in [2.24, 2.45) is 0 Å². The molecule has 0 N–H and O–H groups in total. The van der Waals surface area contributed by atoms with Crippen LogP contribution in [0.2, 0.25) is 0 Å². The summed E-state index contributed by atoms with van der Waals surface area (Å²) >= 11 is 0.527. The van der Waals surface area contributed by atoms with Crippen molar-refractivity contribution in [2.75, 3.05) is 0 Å². The van der Waals surface area contributed by atoms with Crippen molar-refractivity contribution in [3.8, 4) is 55.9 Å². The molecule has 0 radical (unpaired) electrons. The molecule has 11 rings (SSSR count). The van der Waals surface area contributed by atoms with E-state index in [2.05, 4.69) is 15.0 Å². The van der Waals surface area contributed by atoms with Crippen LogP contribution in [0.5, 0.6) is 0 Å². The van der Waals surface area contributed by atoms with Gasteiger partial charge >= 0.3 is 338 Å². The average molecular weight is 788 g/mol. The summed E-state index contributed by atoms with van der Waals surface area (Å²) in [6.07, 6.45) is 0. The molecule has 0 saturated heterocycles. The van der Waals surface area contributed by atoms with E-state index in [0.29, 0.717) is 15.4 Å². The summed E-state index contributed by atoms with van der Waals surface area (Å²) in [7, 11) is 0. The molecule has 0 unspecified atom stereocenters. The molecule has 0 bridgehead atoms. The van der Waals surface area contributed by atoms with E-state index in [1.807, 2.05) is 72.8 Å². The second-order valence-corrected chi connectivity index (χ2v) is 15.4. The Labute approximate surface area is 343 Å². The number of aromatic nitrogens is 4. The standard InChI is InChI=1S/C48H28N4SSe/c1-4-12-31(13-5-1)45-50-46(32-14-6-2-7-15-32)52-47(51-45)38-21-11-20-37-36-19-10-18-35(43(36)54-44(37)38)34-25-23-29-22-24-30-26-27-40-42(41(30)39(29)28-34)53-48(49-40)33-16-8-3-9-17-33/h1-28H/i1D,2D,4D,5D,6D,7D,10D,11D,12D,13D,14D,15D,18D,19D,20D,21D. The zero-order chi connectivity index (χ0) is 49.5. The van der Waals surface area contributed by atoms with Crippen LogP contribution in [0.1, 0.15) is 21.9 Å². The fourth-order valence-corrected chi connectivity index (χ4v) is 10.3. The van der Waals surface area contributed by atoms with Gasteiger partial charge in [0.1, 0.15) is 0 Å². The summed E-state index contributed by atoms with van der Waals surface area (Å²) in [4.78, 5) is 18.4. The Balaban J connectivity index is 1.23. The van der Waals surface area contributed by atoms with E-state index in [1.165, 1.54) is 0 Å². The predicted octanol–water partition coefficient (Wildman–Crippen LogP) is 12.5. The molecule has 6 heteroatoms. The maximum absolute atomic E-state index is 9.41. The van der Waals surface area contributed by atoms with Gasteiger partial charge in [-0.1, -0.05) is 6.07 Å². The normalized spacial score (nSPS) is 15.9. The van der Waals surface area contributed by atoms with Gasteiger partial charge in [-0.15, -0.1) is 0 Å². The SMILES string of the molecule is [2H]c1c([2H])c([2H])c(-c2nc(-c3c([2H])c([2H])c([2H])c([2H])c3[2H])nc(-c3c([2H])c([2H])c([2H])c4c3[se]c3c(-c5ccc6ccc7ccc8nc(-c9ccccc9)sc8c7c6c5)c([2H])c([2H])c([2H])c34)n2)c([2H])c1[2H]. The molecule has 0 amide bonds. The number of thiazole rings is 1. The van der Waals surface area contributed by atoms with E-state index < -0.39 is 128 Å². The molecule has 3 aromatic heterocycles. The van der Waals surface area contributed by atoms with Gasteiger partial charge in [0.05, 0.1) is 0 Å². The van der Waals surface area contributed by atoms with Crippen LogP contribution < -0.4 is 0 Å². The van der Waals surface area contributed by atoms with Crippen molar-refractivity contribution in [1.82, 2.24) is 19.9 Å². The molecule has 0 aliphatic rings. The minimum absolute atomic E-state index is 0.0194. The molecular formula is C48H28N4SSe. The van der Waals surface area contributed by atoms with Crippen LogP contribution in [0.3, 0.4) is 0 Å². The maximum atomic E-state index is 9.41. The topological polar surface area (TPSA) is 51.6 Å². The molecular weight excluding hydrogens is 744 g/mol. The molecule has 0 fully saturated rings. The van der Waals surface area contributed by atoms with E-state index in [9.17, 15) is 5.48 Å². The Morgan fingerprint density at radius 1 is 0.463 bits per heavy atom. The van der Waals surface area contributed by atoms with Gasteiger partial charge in [0.25, 0.3) is 0 Å². The molecule has 54 heavy (non-hydrogen) atoms. The van der Waals surface area contributed by atoms with Gasteiger partial charge < -0.3 is 0 Å². The Bertz CT molecular complexity index is 4020. The summed E-state index contributed by atoms with van der Waals surface area (Å²) in [6.45, 7) is 0. The Hall–Kier alpha value is -6.30. The van der Waals surface area contributed by atoms with Crippen LogP contribution in [-0.4, -0.2) is 34.4 Å². The van der Waals surface area contributed by atoms with Crippen molar-refractivity contribution >= 4 is 76.9 Å². The number of nitrogens with zero attached hydrogens (tertiary/aromatic N) is 4. The average Bonchev–Trinajstić information content (AvgIpc) is 3.98. The number of hydrogen-bond acceptors (Lipinski definition) is 5. The monoisotopic (exact) mass is 788 g/mol. The summed E-state index contributed by atoms with van der Waals surface area (Å²) in [5.41, 5.74) is 1.38. The first-order valence-corrected chi connectivity index (χ1v) is 19.1. The Morgan fingerprint density at radius 3 is 1.80 bits per heavy atom. The van der Waals surface area contributed by atoms with Gasteiger partial charge in [0, 0.05) is 0 Å². The van der Waals surface area contributed by atoms with Gasteiger partial charge in [0.2, 0.25) is 0 Å². The van der Waals surface area contributed by atoms with E-state index in [4.69, 9.17) is 21.4 Å². The third-order valence-electron chi connectivity index (χ3n) is 9.08. The van der Waals surface area contributed by atoms with Gasteiger partial charge in [-0.25, -0.2) is 0 Å². The zero-order valence-electron chi connectivity index (χ0n) is 43.5. The quantitative estimate of drug-likeness (QED) is 0.129. The zero-order valence-corrected chi connectivity index (χ0v) is 30.1. The van der Waals surface area contributed by atoms with Crippen LogP contribution in [-0.2, 0) is 0 Å². The number of benzene rings is 8. The third-order valence-corrected chi connectivity index (χ3v) is 12.8. The van der Waals surface area contributed by atoms with Gasteiger partial charge in [-0.05, 0) is 0 Å². The fraction of sp³-hybridized carbons (Fsp3) is 0. The van der Waals surface area contributed by atoms with Crippen molar-refractivity contribution in [1.29, 1.82) is 0 Å². The van der Waals surface area contributed by atoms with E-state index in [-0.39, 0.29) is 32.7 Å². The first-order chi connectivity index (χ1) is 33.4. The molecule has 8 aromatic carbocycles. The third kappa shape index (κ3) is 5.19. The number of rotatable bonds is 5. The second-order valence-electron chi connectivity index (χ2n) is 12.2. The molecule has 3 heterocycles. The summed E-state index contributed by atoms with van der Waals surface area (Å²) in [5, 5.41) is 4.59. The molecule has 11 aromatic rings. The molecule has 0 aliphatic heterocycles. The molecule has 0 aliphatic carbocycles. The van der Waals surface area contributed by atoms with Gasteiger partial charge in [-0.2, -0.15) is 0 Å². The number of hydrogen-bond donors (Lipinski definition) is 0. The van der Waals surface area contributed by atoms with Crippen LogP contribution in [0, 0.1) is 0 Å². The molecule has 0 spiro atoms. The fourth-order valence-electron chi connectivity index (χ4n) is 6.62. The van der Waals surface area contributed by atoms with Crippen molar-refractivity contribution in [2.45, 2.75) is 0 Å². The number of fused-ring (bicyclic) bond motifs is 8. The Morgan fingerprint density at radius 2 is 1.07 bits per heavy atom. The van der Waals surface area contributed by atoms with Crippen LogP contribution in [0.15, 0.2) is 169 Å². The first-order valence-electron chi connectivity index (χ1n) is 24.6. The van der Waals surface area contributed by atoms with Gasteiger partial charge in [0.15, 0.2) is 0 Å². The summed E-state index contributed by atoms with van der Waals surface area (Å²) in [6, 6.07) is 13.5. The van der Waals surface area contributed by atoms with Gasteiger partial charge in [-0.3, -0.25) is 0 Å². The van der Waals surface area contributed by atoms with Crippen molar-refractivity contribution in [3.63, 3.8) is 0 Å². The molecule has 0 saturated carbocycles. The Kier molecular flexibility index (Phi) is 4.50. The minimum atomic E-state index is -1.03. The summed E-state index contributed by atoms with van der Waals surface area (Å²) in [5.74, 6) is -1.59. The molecule has 0 atom stereocenters. The van der Waals surface area contributed by atoms with Crippen molar-refractivity contribution in [3.05, 3.63) is 169 Å². The van der Waals surface area contributed by atoms with E-state index in [0.717, 1.165) is 42.3 Å². The predicted molar refractivity (Wildman–Crippen MR) is 227 cm³/mol. The van der Waals surface area contributed by atoms with Crippen LogP contribution >= 0.6 is 11.3 Å². The molecule has 4 nitrogen and oxygen atoms in total. The van der Waals surface area contributed by atoms with Crippen LogP contribution in [0.4, 0.5) is 0 Å². The second kappa shape index (κ2) is 12.7. The van der Waals surface area contributed by atoms with Crippen molar-refractivity contribution < 1.29 is 21.9 Å². The first kappa shape index (κ1) is 19.2. The van der Waals surface area contributed by atoms with E-state index in [1.54, 1.807) is 11.3 Å².